The van der Waals surface area contributed by atoms with Gasteiger partial charge in [0.1, 0.15) is 5.69 Å². The Balaban J connectivity index is 1.82. The highest BCUT2D eigenvalue weighted by Gasteiger charge is 2.14. The van der Waals surface area contributed by atoms with E-state index in [0.717, 1.165) is 5.69 Å². The van der Waals surface area contributed by atoms with Crippen molar-refractivity contribution < 1.29 is 0 Å². The van der Waals surface area contributed by atoms with Gasteiger partial charge in [-0.05, 0) is 12.8 Å². The van der Waals surface area contributed by atoms with Crippen molar-refractivity contribution in [3.63, 3.8) is 0 Å². The van der Waals surface area contributed by atoms with E-state index in [1.165, 1.54) is 25.7 Å². The van der Waals surface area contributed by atoms with Crippen LogP contribution < -0.4 is 11.1 Å². The largest absolute Gasteiger partial charge is 0.370 e. The molecule has 3 N–H and O–H groups in total. The molecule has 1 aromatic heterocycles. The molecule has 0 saturated heterocycles. The molecule has 98 valence electrons. The molecular formula is C12H20N6. The molecule has 1 saturated carbocycles. The summed E-state index contributed by atoms with van der Waals surface area (Å²) in [5, 5.41) is 11.2. The quantitative estimate of drug-likeness (QED) is 0.459. The van der Waals surface area contributed by atoms with E-state index in [1.807, 2.05) is 6.20 Å². The Morgan fingerprint density at radius 2 is 2.39 bits per heavy atom. The predicted octanol–water partition coefficient (Wildman–Crippen LogP) is 0.811. The molecule has 0 aliphatic heterocycles. The smallest absolute Gasteiger partial charge is 0.189 e. The number of aliphatic imine (C=N–C) groups is 1. The van der Waals surface area contributed by atoms with Crippen LogP contribution in [0.5, 0.6) is 0 Å². The van der Waals surface area contributed by atoms with E-state index in [1.54, 1.807) is 10.8 Å². The monoisotopic (exact) mass is 248 g/mol. The van der Waals surface area contributed by atoms with Gasteiger partial charge in [0, 0.05) is 6.04 Å². The summed E-state index contributed by atoms with van der Waals surface area (Å²) in [6.07, 6.45) is 8.56. The SMILES string of the molecule is C=CCn1cc(CN=C(N)NC2CCCC2)nn1. The van der Waals surface area contributed by atoms with Crippen LogP contribution in [0.25, 0.3) is 0 Å². The Kier molecular flexibility index (Phi) is 4.33. The molecule has 0 aromatic carbocycles. The van der Waals surface area contributed by atoms with Gasteiger partial charge in [0.2, 0.25) is 0 Å². The first-order chi connectivity index (χ1) is 8.78. The molecule has 1 aromatic rings. The maximum Gasteiger partial charge on any atom is 0.189 e. The molecule has 0 radical (unpaired) electrons. The second kappa shape index (κ2) is 6.18. The third kappa shape index (κ3) is 3.58. The minimum absolute atomic E-state index is 0.461. The standard InChI is InChI=1S/C12H20N6/c1-2-7-18-9-11(16-17-18)8-14-12(13)15-10-5-3-4-6-10/h2,9-10H,1,3-8H2,(H3,13,14,15). The lowest BCUT2D eigenvalue weighted by atomic mass is 10.2. The third-order valence-electron chi connectivity index (χ3n) is 3.02. The molecule has 18 heavy (non-hydrogen) atoms. The van der Waals surface area contributed by atoms with Gasteiger partial charge in [0.15, 0.2) is 5.96 Å². The number of guanidine groups is 1. The molecule has 1 heterocycles. The van der Waals surface area contributed by atoms with E-state index in [9.17, 15) is 0 Å². The van der Waals surface area contributed by atoms with Crippen molar-refractivity contribution in [2.24, 2.45) is 10.7 Å². The lowest BCUT2D eigenvalue weighted by Crippen LogP contribution is -2.38. The first kappa shape index (κ1) is 12.6. The fourth-order valence-corrected chi connectivity index (χ4v) is 2.12. The van der Waals surface area contributed by atoms with E-state index in [0.29, 0.717) is 25.1 Å². The summed E-state index contributed by atoms with van der Waals surface area (Å²) in [6, 6.07) is 0.491. The van der Waals surface area contributed by atoms with E-state index in [2.05, 4.69) is 27.2 Å². The van der Waals surface area contributed by atoms with Crippen LogP contribution >= 0.6 is 0 Å². The fourth-order valence-electron chi connectivity index (χ4n) is 2.12. The zero-order valence-electron chi connectivity index (χ0n) is 10.5. The van der Waals surface area contributed by atoms with Crippen LogP contribution in [0, 0.1) is 0 Å². The number of nitrogens with one attached hydrogen (secondary N) is 1. The van der Waals surface area contributed by atoms with Crippen LogP contribution in [0.4, 0.5) is 0 Å². The maximum atomic E-state index is 5.83. The predicted molar refractivity (Wildman–Crippen MR) is 70.9 cm³/mol. The number of nitrogens with two attached hydrogens (primary N) is 1. The van der Waals surface area contributed by atoms with Crippen LogP contribution in [0.2, 0.25) is 0 Å². The molecule has 6 heteroatoms. The molecule has 0 bridgehead atoms. The van der Waals surface area contributed by atoms with Gasteiger partial charge in [-0.3, -0.25) is 0 Å². The van der Waals surface area contributed by atoms with Crippen molar-refractivity contribution >= 4 is 5.96 Å². The minimum Gasteiger partial charge on any atom is -0.370 e. The Hall–Kier alpha value is -1.85. The van der Waals surface area contributed by atoms with Crippen LogP contribution in [0.15, 0.2) is 23.8 Å². The summed E-state index contributed by atoms with van der Waals surface area (Å²) in [4.78, 5) is 4.27. The highest BCUT2D eigenvalue weighted by Crippen LogP contribution is 2.17. The molecule has 6 nitrogen and oxygen atoms in total. The first-order valence-electron chi connectivity index (χ1n) is 6.34. The molecule has 0 atom stereocenters. The number of aromatic nitrogens is 3. The fraction of sp³-hybridized carbons (Fsp3) is 0.583. The first-order valence-corrected chi connectivity index (χ1v) is 6.34. The van der Waals surface area contributed by atoms with Gasteiger partial charge < -0.3 is 11.1 Å². The number of hydrogen-bond acceptors (Lipinski definition) is 3. The molecule has 2 rings (SSSR count). The molecule has 0 spiro atoms. The van der Waals surface area contributed by atoms with Crippen LogP contribution in [0.1, 0.15) is 31.4 Å². The Labute approximate surface area is 107 Å². The van der Waals surface area contributed by atoms with Crippen LogP contribution in [0.3, 0.4) is 0 Å². The van der Waals surface area contributed by atoms with Gasteiger partial charge in [0.05, 0.1) is 19.3 Å². The number of hydrogen-bond donors (Lipinski definition) is 2. The third-order valence-corrected chi connectivity index (χ3v) is 3.02. The average molecular weight is 248 g/mol. The maximum absolute atomic E-state index is 5.83. The number of nitrogens with zero attached hydrogens (tertiary/aromatic N) is 4. The second-order valence-electron chi connectivity index (χ2n) is 4.55. The highest BCUT2D eigenvalue weighted by atomic mass is 15.4. The van der Waals surface area contributed by atoms with Crippen molar-refractivity contribution in [3.05, 3.63) is 24.5 Å². The number of rotatable bonds is 5. The van der Waals surface area contributed by atoms with E-state index >= 15 is 0 Å². The minimum atomic E-state index is 0.461. The van der Waals surface area contributed by atoms with Crippen molar-refractivity contribution in [1.29, 1.82) is 0 Å². The summed E-state index contributed by atoms with van der Waals surface area (Å²) >= 11 is 0. The Morgan fingerprint density at radius 3 is 3.11 bits per heavy atom. The Morgan fingerprint density at radius 1 is 1.61 bits per heavy atom. The molecular weight excluding hydrogens is 228 g/mol. The summed E-state index contributed by atoms with van der Waals surface area (Å²) in [7, 11) is 0. The topological polar surface area (TPSA) is 81.1 Å². The average Bonchev–Trinajstić information content (AvgIpc) is 2.99. The summed E-state index contributed by atoms with van der Waals surface area (Å²) in [5.41, 5.74) is 6.65. The summed E-state index contributed by atoms with van der Waals surface area (Å²) < 4.78 is 1.72. The van der Waals surface area contributed by atoms with Gasteiger partial charge in [-0.25, -0.2) is 9.67 Å². The van der Waals surface area contributed by atoms with Gasteiger partial charge in [-0.15, -0.1) is 11.7 Å². The lowest BCUT2D eigenvalue weighted by Gasteiger charge is -2.11. The van der Waals surface area contributed by atoms with Crippen molar-refractivity contribution in [1.82, 2.24) is 20.3 Å². The van der Waals surface area contributed by atoms with Gasteiger partial charge >= 0.3 is 0 Å². The summed E-state index contributed by atoms with van der Waals surface area (Å²) in [6.45, 7) is 4.77. The molecule has 1 fully saturated rings. The van der Waals surface area contributed by atoms with Crippen molar-refractivity contribution in [2.45, 2.75) is 44.8 Å². The molecule has 0 amide bonds. The normalized spacial score (nSPS) is 17.0. The van der Waals surface area contributed by atoms with Gasteiger partial charge in [-0.1, -0.05) is 24.1 Å². The zero-order valence-corrected chi connectivity index (χ0v) is 10.5. The number of allylic oxidation sites excluding steroid dienone is 1. The van der Waals surface area contributed by atoms with E-state index in [4.69, 9.17) is 5.73 Å². The zero-order chi connectivity index (χ0) is 12.8. The van der Waals surface area contributed by atoms with Gasteiger partial charge in [0.25, 0.3) is 0 Å². The molecule has 1 aliphatic carbocycles. The van der Waals surface area contributed by atoms with E-state index in [-0.39, 0.29) is 0 Å². The summed E-state index contributed by atoms with van der Waals surface area (Å²) in [5.74, 6) is 0.500. The Bertz CT molecular complexity index is 416. The van der Waals surface area contributed by atoms with Crippen molar-refractivity contribution in [3.8, 4) is 0 Å². The van der Waals surface area contributed by atoms with E-state index < -0.39 is 0 Å². The van der Waals surface area contributed by atoms with Gasteiger partial charge in [-0.2, -0.15) is 0 Å². The second-order valence-corrected chi connectivity index (χ2v) is 4.55. The highest BCUT2D eigenvalue weighted by molar-refractivity contribution is 5.78. The lowest BCUT2D eigenvalue weighted by molar-refractivity contribution is 0.625. The van der Waals surface area contributed by atoms with Crippen LogP contribution in [-0.2, 0) is 13.1 Å². The van der Waals surface area contributed by atoms with Crippen molar-refractivity contribution in [2.75, 3.05) is 0 Å². The molecule has 1 aliphatic rings. The molecule has 0 unspecified atom stereocenters. The van der Waals surface area contributed by atoms with Crippen LogP contribution in [-0.4, -0.2) is 27.0 Å².